The fraction of sp³-hybridized carbons (Fsp3) is 0.600. The van der Waals surface area contributed by atoms with Crippen LogP contribution in [-0.4, -0.2) is 52.2 Å². The first kappa shape index (κ1) is 19.3. The number of nitrogens with one attached hydrogen (secondary N) is 1. The number of ether oxygens (including phenoxy) is 1. The fourth-order valence-electron chi connectivity index (χ4n) is 2.65. The maximum absolute atomic E-state index is 12.6. The van der Waals surface area contributed by atoms with Crippen LogP contribution in [0.3, 0.4) is 0 Å². The molecule has 0 unspecified atom stereocenters. The van der Waals surface area contributed by atoms with Gasteiger partial charge < -0.3 is 4.74 Å². The Kier molecular flexibility index (Phi) is 7.06. The van der Waals surface area contributed by atoms with E-state index in [9.17, 15) is 8.42 Å². The molecule has 1 aliphatic heterocycles. The molecule has 0 spiro atoms. The Bertz CT molecular complexity index is 632. The summed E-state index contributed by atoms with van der Waals surface area (Å²) in [6.07, 6.45) is 0. The third kappa shape index (κ3) is 5.24. The lowest BCUT2D eigenvalue weighted by Gasteiger charge is -2.36. The van der Waals surface area contributed by atoms with E-state index in [1.807, 2.05) is 0 Å². The van der Waals surface area contributed by atoms with E-state index in [1.165, 1.54) is 0 Å². The second-order valence-electron chi connectivity index (χ2n) is 5.89. The molecule has 8 heteroatoms. The largest absolute Gasteiger partial charge is 0.379 e. The topological polar surface area (TPSA) is 58.6 Å². The zero-order chi connectivity index (χ0) is 17.0. The molecule has 1 N–H and O–H groups in total. The summed E-state index contributed by atoms with van der Waals surface area (Å²) in [6.45, 7) is 7.70. The number of hydrogen-bond acceptors (Lipinski definition) is 4. The van der Waals surface area contributed by atoms with Crippen molar-refractivity contribution in [3.05, 3.63) is 27.1 Å². The van der Waals surface area contributed by atoms with Crippen LogP contribution in [0, 0.1) is 5.92 Å². The predicted octanol–water partition coefficient (Wildman–Crippen LogP) is 2.85. The molecule has 0 bridgehead atoms. The van der Waals surface area contributed by atoms with E-state index in [0.717, 1.165) is 17.6 Å². The van der Waals surface area contributed by atoms with E-state index < -0.39 is 10.0 Å². The second kappa shape index (κ2) is 8.40. The van der Waals surface area contributed by atoms with E-state index in [-0.39, 0.29) is 10.9 Å². The molecule has 1 fully saturated rings. The first-order chi connectivity index (χ1) is 10.8. The quantitative estimate of drug-likeness (QED) is 0.695. The molecule has 0 radical (unpaired) electrons. The SMILES string of the molecule is CC(C)[C@@H](CNS(=O)(=O)c1cc(Br)ccc1Br)N1CCOCC1. The van der Waals surface area contributed by atoms with Gasteiger partial charge in [-0.05, 0) is 40.0 Å². The van der Waals surface area contributed by atoms with Crippen LogP contribution in [0.15, 0.2) is 32.0 Å². The number of hydrogen-bond donors (Lipinski definition) is 1. The zero-order valence-electron chi connectivity index (χ0n) is 13.3. The molecule has 23 heavy (non-hydrogen) atoms. The molecule has 5 nitrogen and oxygen atoms in total. The number of sulfonamides is 1. The highest BCUT2D eigenvalue weighted by Gasteiger charge is 2.26. The van der Waals surface area contributed by atoms with Crippen LogP contribution in [-0.2, 0) is 14.8 Å². The smallest absolute Gasteiger partial charge is 0.241 e. The lowest BCUT2D eigenvalue weighted by molar-refractivity contribution is 0.00776. The Morgan fingerprint density at radius 2 is 1.91 bits per heavy atom. The fourth-order valence-corrected chi connectivity index (χ4v) is 5.20. The van der Waals surface area contributed by atoms with Crippen LogP contribution >= 0.6 is 31.9 Å². The molecule has 1 aliphatic rings. The highest BCUT2D eigenvalue weighted by Crippen LogP contribution is 2.25. The van der Waals surface area contributed by atoms with Gasteiger partial charge in [0.05, 0.1) is 18.1 Å². The molecule has 1 saturated heterocycles. The highest BCUT2D eigenvalue weighted by atomic mass is 79.9. The summed E-state index contributed by atoms with van der Waals surface area (Å²) in [5, 5.41) is 0. The molecule has 1 aromatic rings. The van der Waals surface area contributed by atoms with Crippen LogP contribution in [0.25, 0.3) is 0 Å². The van der Waals surface area contributed by atoms with Crippen LogP contribution in [0.1, 0.15) is 13.8 Å². The minimum absolute atomic E-state index is 0.152. The van der Waals surface area contributed by atoms with E-state index in [1.54, 1.807) is 18.2 Å². The lowest BCUT2D eigenvalue weighted by atomic mass is 10.0. The van der Waals surface area contributed by atoms with Gasteiger partial charge in [-0.2, -0.15) is 0 Å². The Hall–Kier alpha value is 0.01000. The summed E-state index contributed by atoms with van der Waals surface area (Å²) >= 11 is 6.63. The zero-order valence-corrected chi connectivity index (χ0v) is 17.2. The number of halogens is 2. The first-order valence-electron chi connectivity index (χ1n) is 7.58. The van der Waals surface area contributed by atoms with E-state index >= 15 is 0 Å². The number of morpholine rings is 1. The van der Waals surface area contributed by atoms with Gasteiger partial charge in [0.2, 0.25) is 10.0 Å². The highest BCUT2D eigenvalue weighted by molar-refractivity contribution is 9.11. The second-order valence-corrected chi connectivity index (χ2v) is 9.39. The standard InChI is InChI=1S/C15H22Br2N2O3S/c1-11(2)14(19-5-7-22-8-6-19)10-18-23(20,21)15-9-12(16)3-4-13(15)17/h3-4,9,11,14,18H,5-8,10H2,1-2H3/t14-/m1/s1. The Morgan fingerprint density at radius 1 is 1.26 bits per heavy atom. The maximum atomic E-state index is 12.6. The van der Waals surface area contributed by atoms with Gasteiger partial charge in [0.15, 0.2) is 0 Å². The average Bonchev–Trinajstić information content (AvgIpc) is 2.50. The van der Waals surface area contributed by atoms with Crippen LogP contribution in [0.5, 0.6) is 0 Å². The Balaban J connectivity index is 2.11. The van der Waals surface area contributed by atoms with Crippen molar-refractivity contribution in [2.75, 3.05) is 32.8 Å². The summed E-state index contributed by atoms with van der Waals surface area (Å²) in [7, 11) is -3.57. The molecule has 0 aliphatic carbocycles. The summed E-state index contributed by atoms with van der Waals surface area (Å²) in [6, 6.07) is 5.28. The molecule has 1 atom stereocenters. The minimum Gasteiger partial charge on any atom is -0.379 e. The van der Waals surface area contributed by atoms with Crippen LogP contribution in [0.4, 0.5) is 0 Å². The van der Waals surface area contributed by atoms with Gasteiger partial charge in [0.1, 0.15) is 0 Å². The predicted molar refractivity (Wildman–Crippen MR) is 98.0 cm³/mol. The molecular formula is C15H22Br2N2O3S. The Labute approximate surface area is 155 Å². The van der Waals surface area contributed by atoms with Crippen molar-refractivity contribution >= 4 is 41.9 Å². The summed E-state index contributed by atoms with van der Waals surface area (Å²) in [5.41, 5.74) is 0. The third-order valence-corrected chi connectivity index (χ3v) is 6.86. The monoisotopic (exact) mass is 468 g/mol. The molecule has 2 rings (SSSR count). The van der Waals surface area contributed by atoms with Crippen molar-refractivity contribution in [2.45, 2.75) is 24.8 Å². The van der Waals surface area contributed by atoms with E-state index in [0.29, 0.717) is 30.1 Å². The molecular weight excluding hydrogens is 448 g/mol. The van der Waals surface area contributed by atoms with Crippen molar-refractivity contribution in [1.29, 1.82) is 0 Å². The molecule has 1 heterocycles. The molecule has 130 valence electrons. The third-order valence-electron chi connectivity index (χ3n) is 3.95. The maximum Gasteiger partial charge on any atom is 0.241 e. The van der Waals surface area contributed by atoms with Gasteiger partial charge in [0.25, 0.3) is 0 Å². The first-order valence-corrected chi connectivity index (χ1v) is 10.6. The molecule has 0 saturated carbocycles. The van der Waals surface area contributed by atoms with E-state index in [4.69, 9.17) is 4.74 Å². The summed E-state index contributed by atoms with van der Waals surface area (Å²) in [5.74, 6) is 0.349. The van der Waals surface area contributed by atoms with Crippen LogP contribution in [0.2, 0.25) is 0 Å². The van der Waals surface area contributed by atoms with E-state index in [2.05, 4.69) is 55.3 Å². The number of benzene rings is 1. The van der Waals surface area contributed by atoms with Gasteiger partial charge in [-0.25, -0.2) is 13.1 Å². The normalized spacial score (nSPS) is 18.3. The van der Waals surface area contributed by atoms with Crippen molar-refractivity contribution < 1.29 is 13.2 Å². The van der Waals surface area contributed by atoms with Gasteiger partial charge in [-0.3, -0.25) is 4.90 Å². The van der Waals surface area contributed by atoms with Gasteiger partial charge in [-0.15, -0.1) is 0 Å². The van der Waals surface area contributed by atoms with Gasteiger partial charge in [-0.1, -0.05) is 29.8 Å². The average molecular weight is 470 g/mol. The van der Waals surface area contributed by atoms with Crippen molar-refractivity contribution in [1.82, 2.24) is 9.62 Å². The summed E-state index contributed by atoms with van der Waals surface area (Å²) in [4.78, 5) is 2.54. The van der Waals surface area contributed by atoms with Gasteiger partial charge in [0, 0.05) is 34.6 Å². The van der Waals surface area contributed by atoms with Crippen molar-refractivity contribution in [3.63, 3.8) is 0 Å². The summed E-state index contributed by atoms with van der Waals surface area (Å²) < 4.78 is 34.6. The number of nitrogens with zero attached hydrogens (tertiary/aromatic N) is 1. The van der Waals surface area contributed by atoms with Crippen molar-refractivity contribution in [3.8, 4) is 0 Å². The minimum atomic E-state index is -3.57. The molecule has 1 aromatic carbocycles. The van der Waals surface area contributed by atoms with Gasteiger partial charge >= 0.3 is 0 Å². The van der Waals surface area contributed by atoms with Crippen LogP contribution < -0.4 is 4.72 Å². The van der Waals surface area contributed by atoms with Crippen molar-refractivity contribution in [2.24, 2.45) is 5.92 Å². The molecule has 0 aromatic heterocycles. The molecule has 0 amide bonds. The lowest BCUT2D eigenvalue weighted by Crippen LogP contribution is -2.51. The Morgan fingerprint density at radius 3 is 2.52 bits per heavy atom. The number of rotatable bonds is 6.